The minimum absolute atomic E-state index is 0.0873. The average molecular weight is 227 g/mol. The predicted octanol–water partition coefficient (Wildman–Crippen LogP) is 0.925. The zero-order valence-corrected chi connectivity index (χ0v) is 9.36. The van der Waals surface area contributed by atoms with Gasteiger partial charge >= 0.3 is 0 Å². The van der Waals surface area contributed by atoms with Crippen LogP contribution in [0.1, 0.15) is 22.9 Å². The maximum Gasteiger partial charge on any atom is 0.247 e. The number of rotatable bonds is 1. The molecule has 17 heavy (non-hydrogen) atoms. The molecule has 1 fully saturated rings. The van der Waals surface area contributed by atoms with E-state index in [0.29, 0.717) is 12.2 Å². The number of carbonyl (C=O) groups excluding carboxylic acids is 1. The lowest BCUT2D eigenvalue weighted by Crippen LogP contribution is -2.45. The van der Waals surface area contributed by atoms with Gasteiger partial charge in [-0.25, -0.2) is 0 Å². The van der Waals surface area contributed by atoms with E-state index in [1.807, 2.05) is 12.3 Å². The molecule has 2 heterocycles. The molecule has 1 aromatic heterocycles. The van der Waals surface area contributed by atoms with E-state index in [9.17, 15) is 4.79 Å². The van der Waals surface area contributed by atoms with Crippen LogP contribution in [0.4, 0.5) is 0 Å². The van der Waals surface area contributed by atoms with Crippen LogP contribution in [-0.4, -0.2) is 17.4 Å². The van der Waals surface area contributed by atoms with Crippen LogP contribution in [0.2, 0.25) is 0 Å². The van der Waals surface area contributed by atoms with Crippen LogP contribution in [0.3, 0.4) is 0 Å². The maximum absolute atomic E-state index is 11.8. The molecule has 0 aromatic carbocycles. The Kier molecular flexibility index (Phi) is 2.30. The van der Waals surface area contributed by atoms with E-state index in [-0.39, 0.29) is 11.9 Å². The molecule has 0 spiro atoms. The molecule has 4 nitrogen and oxygen atoms in total. The van der Waals surface area contributed by atoms with Crippen molar-refractivity contribution in [2.75, 3.05) is 6.54 Å². The number of hydrogen-bond acceptors (Lipinski definition) is 3. The van der Waals surface area contributed by atoms with E-state index in [0.717, 1.165) is 17.7 Å². The summed E-state index contributed by atoms with van der Waals surface area (Å²) in [4.78, 5) is 16.2. The summed E-state index contributed by atoms with van der Waals surface area (Å²) < 4.78 is 0. The minimum atomic E-state index is -0.375. The molecule has 86 valence electrons. The molecule has 4 heteroatoms. The number of pyridine rings is 1. The molecule has 1 amide bonds. The molecule has 3 rings (SSSR count). The highest BCUT2D eigenvalue weighted by atomic mass is 16.2. The predicted molar refractivity (Wildman–Crippen MR) is 65.0 cm³/mol. The van der Waals surface area contributed by atoms with Crippen LogP contribution in [0.25, 0.3) is 6.08 Å². The fourth-order valence-corrected chi connectivity index (χ4v) is 2.16. The van der Waals surface area contributed by atoms with Gasteiger partial charge in [-0.2, -0.15) is 0 Å². The smallest absolute Gasteiger partial charge is 0.247 e. The molecule has 2 N–H and O–H groups in total. The van der Waals surface area contributed by atoms with Crippen LogP contribution < -0.4 is 10.6 Å². The fourth-order valence-electron chi connectivity index (χ4n) is 2.16. The molecule has 0 saturated carbocycles. The second-order valence-corrected chi connectivity index (χ2v) is 4.32. The summed E-state index contributed by atoms with van der Waals surface area (Å²) in [6.45, 7) is 4.31. The first kappa shape index (κ1) is 10.2. The summed E-state index contributed by atoms with van der Waals surface area (Å²) >= 11 is 0. The summed E-state index contributed by atoms with van der Waals surface area (Å²) in [6.07, 6.45) is 6.96. The largest absolute Gasteiger partial charge is 0.327 e. The Hall–Kier alpha value is -1.94. The molecule has 1 saturated heterocycles. The minimum Gasteiger partial charge on any atom is -0.327 e. The Labute approximate surface area is 99.4 Å². The third-order valence-corrected chi connectivity index (χ3v) is 3.06. The highest BCUT2D eigenvalue weighted by Crippen LogP contribution is 2.22. The van der Waals surface area contributed by atoms with Gasteiger partial charge in [-0.3, -0.25) is 15.1 Å². The molecule has 2 aliphatic rings. The Bertz CT molecular complexity index is 533. The van der Waals surface area contributed by atoms with Gasteiger partial charge in [0, 0.05) is 18.4 Å². The third kappa shape index (κ3) is 1.76. The van der Waals surface area contributed by atoms with Crippen molar-refractivity contribution in [3.8, 4) is 0 Å². The zero-order chi connectivity index (χ0) is 11.8. The molecular weight excluding hydrogens is 214 g/mol. The lowest BCUT2D eigenvalue weighted by molar-refractivity contribution is -0.123. The van der Waals surface area contributed by atoms with Crippen LogP contribution in [0.5, 0.6) is 0 Å². The number of fused-ring (bicyclic) bond motifs is 1. The van der Waals surface area contributed by atoms with E-state index < -0.39 is 0 Å². The summed E-state index contributed by atoms with van der Waals surface area (Å²) in [5.74, 6) is -0.0873. The third-order valence-electron chi connectivity index (χ3n) is 3.06. The standard InChI is InChI=1S/C13H13N3O/c1-8-6-15-12(13(17)16-8)11-5-9-3-2-4-10(9)7-14-11/h2-3,5,7,12,15H,1,4,6H2,(H,16,17). The van der Waals surface area contributed by atoms with Gasteiger partial charge in [-0.15, -0.1) is 0 Å². The van der Waals surface area contributed by atoms with E-state index in [2.05, 4.69) is 34.3 Å². The lowest BCUT2D eigenvalue weighted by Gasteiger charge is -2.24. The molecule has 0 radical (unpaired) electrons. The highest BCUT2D eigenvalue weighted by molar-refractivity contribution is 5.85. The van der Waals surface area contributed by atoms with E-state index in [1.54, 1.807) is 0 Å². The van der Waals surface area contributed by atoms with Crippen molar-refractivity contribution in [3.63, 3.8) is 0 Å². The van der Waals surface area contributed by atoms with E-state index in [4.69, 9.17) is 0 Å². The fraction of sp³-hybridized carbons (Fsp3) is 0.231. The number of hydrogen-bond donors (Lipinski definition) is 2. The van der Waals surface area contributed by atoms with Gasteiger partial charge in [0.2, 0.25) is 5.91 Å². The monoisotopic (exact) mass is 227 g/mol. The van der Waals surface area contributed by atoms with Gasteiger partial charge in [-0.05, 0) is 23.6 Å². The first-order chi connectivity index (χ1) is 8.24. The van der Waals surface area contributed by atoms with E-state index >= 15 is 0 Å². The van der Waals surface area contributed by atoms with Crippen molar-refractivity contribution in [2.24, 2.45) is 0 Å². The molecule has 1 aromatic rings. The second-order valence-electron chi connectivity index (χ2n) is 4.32. The Morgan fingerprint density at radius 3 is 3.18 bits per heavy atom. The number of nitrogens with zero attached hydrogens (tertiary/aromatic N) is 1. The van der Waals surface area contributed by atoms with Crippen LogP contribution in [-0.2, 0) is 11.2 Å². The molecule has 1 aliphatic heterocycles. The van der Waals surface area contributed by atoms with Crippen molar-refractivity contribution in [2.45, 2.75) is 12.5 Å². The van der Waals surface area contributed by atoms with Crippen molar-refractivity contribution in [1.29, 1.82) is 0 Å². The normalized spacial score (nSPS) is 22.5. The summed E-state index contributed by atoms with van der Waals surface area (Å²) in [5, 5.41) is 5.87. The first-order valence-corrected chi connectivity index (χ1v) is 5.61. The highest BCUT2D eigenvalue weighted by Gasteiger charge is 2.26. The number of nitrogens with one attached hydrogen (secondary N) is 2. The topological polar surface area (TPSA) is 54.0 Å². The molecular formula is C13H13N3O. The average Bonchev–Trinajstić information content (AvgIpc) is 2.75. The number of aromatic nitrogens is 1. The van der Waals surface area contributed by atoms with Gasteiger partial charge < -0.3 is 5.32 Å². The molecule has 1 atom stereocenters. The number of allylic oxidation sites excluding steroid dienone is 1. The molecule has 1 unspecified atom stereocenters. The summed E-state index contributed by atoms with van der Waals surface area (Å²) in [6, 6.07) is 1.60. The molecule has 1 aliphatic carbocycles. The molecule has 0 bridgehead atoms. The van der Waals surface area contributed by atoms with Crippen LogP contribution >= 0.6 is 0 Å². The quantitative estimate of drug-likeness (QED) is 0.750. The Balaban J connectivity index is 1.91. The van der Waals surface area contributed by atoms with E-state index in [1.165, 1.54) is 5.56 Å². The van der Waals surface area contributed by atoms with Crippen molar-refractivity contribution < 1.29 is 4.79 Å². The summed E-state index contributed by atoms with van der Waals surface area (Å²) in [5.41, 5.74) is 3.84. The van der Waals surface area contributed by atoms with Crippen LogP contribution in [0, 0.1) is 0 Å². The number of carbonyl (C=O) groups is 1. The Morgan fingerprint density at radius 1 is 1.47 bits per heavy atom. The maximum atomic E-state index is 11.8. The van der Waals surface area contributed by atoms with Crippen molar-refractivity contribution in [3.05, 3.63) is 47.4 Å². The van der Waals surface area contributed by atoms with Gasteiger partial charge in [0.15, 0.2) is 0 Å². The van der Waals surface area contributed by atoms with Crippen molar-refractivity contribution >= 4 is 12.0 Å². The van der Waals surface area contributed by atoms with Crippen molar-refractivity contribution in [1.82, 2.24) is 15.6 Å². The SMILES string of the molecule is C=C1CNC(c2cc3c(cn2)CC=C3)C(=O)N1. The second kappa shape index (κ2) is 3.82. The van der Waals surface area contributed by atoms with Gasteiger partial charge in [0.1, 0.15) is 6.04 Å². The summed E-state index contributed by atoms with van der Waals surface area (Å²) in [7, 11) is 0. The first-order valence-electron chi connectivity index (χ1n) is 5.61. The van der Waals surface area contributed by atoms with Gasteiger partial charge in [0.05, 0.1) is 5.69 Å². The van der Waals surface area contributed by atoms with Crippen LogP contribution in [0.15, 0.2) is 30.6 Å². The zero-order valence-electron chi connectivity index (χ0n) is 9.36. The number of amides is 1. The Morgan fingerprint density at radius 2 is 2.35 bits per heavy atom. The van der Waals surface area contributed by atoms with Gasteiger partial charge in [0.25, 0.3) is 0 Å². The number of piperazine rings is 1. The van der Waals surface area contributed by atoms with Gasteiger partial charge in [-0.1, -0.05) is 18.7 Å². The lowest BCUT2D eigenvalue weighted by atomic mass is 10.1.